The summed E-state index contributed by atoms with van der Waals surface area (Å²) in [5.41, 5.74) is 0.243. The molecule has 1 amide bonds. The third kappa shape index (κ3) is 4.24. The fourth-order valence-corrected chi connectivity index (χ4v) is 2.04. The van der Waals surface area contributed by atoms with Crippen LogP contribution in [0.3, 0.4) is 0 Å². The van der Waals surface area contributed by atoms with Gasteiger partial charge in [0.2, 0.25) is 5.91 Å². The fourth-order valence-electron chi connectivity index (χ4n) is 2.04. The molecule has 1 unspecified atom stereocenters. The van der Waals surface area contributed by atoms with Gasteiger partial charge in [0.1, 0.15) is 12.4 Å². The van der Waals surface area contributed by atoms with E-state index in [1.54, 1.807) is 12.1 Å². The van der Waals surface area contributed by atoms with Crippen molar-refractivity contribution in [3.8, 4) is 5.75 Å². The number of amides is 1. The second-order valence-electron chi connectivity index (χ2n) is 4.69. The lowest BCUT2D eigenvalue weighted by molar-refractivity contribution is -0.119. The molecule has 3 N–H and O–H groups in total. The van der Waals surface area contributed by atoms with Crippen molar-refractivity contribution in [2.45, 2.75) is 18.9 Å². The Morgan fingerprint density at radius 2 is 2.15 bits per heavy atom. The third-order valence-electron chi connectivity index (χ3n) is 3.12. The molecule has 0 spiro atoms. The smallest absolute Gasteiger partial charge is 0.335 e. The second kappa shape index (κ2) is 6.91. The zero-order valence-electron chi connectivity index (χ0n) is 11.1. The molecule has 20 heavy (non-hydrogen) atoms. The van der Waals surface area contributed by atoms with E-state index in [9.17, 15) is 9.59 Å². The average molecular weight is 278 g/mol. The first-order valence-electron chi connectivity index (χ1n) is 6.61. The van der Waals surface area contributed by atoms with E-state index in [1.807, 2.05) is 0 Å². The van der Waals surface area contributed by atoms with Crippen molar-refractivity contribution in [2.24, 2.45) is 0 Å². The van der Waals surface area contributed by atoms with Crippen LogP contribution in [0.1, 0.15) is 23.2 Å². The van der Waals surface area contributed by atoms with Crippen molar-refractivity contribution < 1.29 is 19.4 Å². The van der Waals surface area contributed by atoms with Crippen LogP contribution in [0.2, 0.25) is 0 Å². The summed E-state index contributed by atoms with van der Waals surface area (Å²) in [7, 11) is 0. The Hall–Kier alpha value is -2.08. The van der Waals surface area contributed by atoms with Crippen molar-refractivity contribution in [3.63, 3.8) is 0 Å². The van der Waals surface area contributed by atoms with Crippen molar-refractivity contribution in [3.05, 3.63) is 29.8 Å². The van der Waals surface area contributed by atoms with E-state index in [0.717, 1.165) is 13.0 Å². The van der Waals surface area contributed by atoms with Gasteiger partial charge in [-0.25, -0.2) is 4.79 Å². The molecule has 6 nitrogen and oxygen atoms in total. The highest BCUT2D eigenvalue weighted by Crippen LogP contribution is 2.11. The van der Waals surface area contributed by atoms with Crippen LogP contribution in [0, 0.1) is 0 Å². The lowest BCUT2D eigenvalue weighted by Gasteiger charge is -2.11. The van der Waals surface area contributed by atoms with Gasteiger partial charge in [0.25, 0.3) is 0 Å². The predicted molar refractivity (Wildman–Crippen MR) is 72.9 cm³/mol. The molecule has 1 atom stereocenters. The number of benzene rings is 1. The van der Waals surface area contributed by atoms with Crippen LogP contribution >= 0.6 is 0 Å². The van der Waals surface area contributed by atoms with E-state index in [0.29, 0.717) is 25.3 Å². The number of aromatic carboxylic acids is 1. The SMILES string of the molecule is O=C1CCC(CNCCOc2ccc(C(=O)O)cc2)N1. The predicted octanol–water partition coefficient (Wildman–Crippen LogP) is 0.632. The number of carboxylic acid groups (broad SMARTS) is 1. The summed E-state index contributed by atoms with van der Waals surface area (Å²) in [4.78, 5) is 21.7. The first kappa shape index (κ1) is 14.3. The Morgan fingerprint density at radius 1 is 1.40 bits per heavy atom. The van der Waals surface area contributed by atoms with Crippen molar-refractivity contribution >= 4 is 11.9 Å². The molecule has 0 aromatic heterocycles. The van der Waals surface area contributed by atoms with Crippen LogP contribution in [-0.2, 0) is 4.79 Å². The molecule has 1 aromatic carbocycles. The molecule has 108 valence electrons. The molecule has 1 fully saturated rings. The minimum atomic E-state index is -0.947. The van der Waals surface area contributed by atoms with Gasteiger partial charge in [-0.15, -0.1) is 0 Å². The van der Waals surface area contributed by atoms with E-state index < -0.39 is 5.97 Å². The highest BCUT2D eigenvalue weighted by atomic mass is 16.5. The Labute approximate surface area is 117 Å². The molecule has 0 aliphatic carbocycles. The second-order valence-corrected chi connectivity index (χ2v) is 4.69. The van der Waals surface area contributed by atoms with Crippen LogP contribution in [0.25, 0.3) is 0 Å². The molecular weight excluding hydrogens is 260 g/mol. The van der Waals surface area contributed by atoms with Gasteiger partial charge in [-0.3, -0.25) is 4.79 Å². The Morgan fingerprint density at radius 3 is 2.75 bits per heavy atom. The number of carboxylic acids is 1. The van der Waals surface area contributed by atoms with Crippen molar-refractivity contribution in [1.82, 2.24) is 10.6 Å². The summed E-state index contributed by atoms with van der Waals surface area (Å²) in [6, 6.07) is 6.52. The van der Waals surface area contributed by atoms with Crippen LogP contribution in [0.15, 0.2) is 24.3 Å². The zero-order chi connectivity index (χ0) is 14.4. The molecule has 0 radical (unpaired) electrons. The normalized spacial score (nSPS) is 17.8. The molecule has 6 heteroatoms. The number of hydrogen-bond donors (Lipinski definition) is 3. The van der Waals surface area contributed by atoms with Crippen LogP contribution in [0.5, 0.6) is 5.75 Å². The quantitative estimate of drug-likeness (QED) is 0.637. The fraction of sp³-hybridized carbons (Fsp3) is 0.429. The largest absolute Gasteiger partial charge is 0.492 e. The number of carbonyl (C=O) groups excluding carboxylic acids is 1. The number of hydrogen-bond acceptors (Lipinski definition) is 4. The van der Waals surface area contributed by atoms with Gasteiger partial charge in [0.15, 0.2) is 0 Å². The lowest BCUT2D eigenvalue weighted by Crippen LogP contribution is -2.37. The third-order valence-corrected chi connectivity index (χ3v) is 3.12. The van der Waals surface area contributed by atoms with Gasteiger partial charge in [0.05, 0.1) is 5.56 Å². The standard InChI is InChI=1S/C14H18N2O4/c17-13-6-3-11(16-13)9-15-7-8-20-12-4-1-10(2-5-12)14(18)19/h1-2,4-5,11,15H,3,6-9H2,(H,16,17)(H,18,19). The summed E-state index contributed by atoms with van der Waals surface area (Å²) in [6.45, 7) is 1.91. The molecule has 1 aliphatic heterocycles. The van der Waals surface area contributed by atoms with Crippen LogP contribution in [-0.4, -0.2) is 42.7 Å². The van der Waals surface area contributed by atoms with Gasteiger partial charge >= 0.3 is 5.97 Å². The minimum Gasteiger partial charge on any atom is -0.492 e. The van der Waals surface area contributed by atoms with E-state index in [1.165, 1.54) is 12.1 Å². The first-order chi connectivity index (χ1) is 9.65. The first-order valence-corrected chi connectivity index (χ1v) is 6.61. The highest BCUT2D eigenvalue weighted by molar-refractivity contribution is 5.87. The average Bonchev–Trinajstić information content (AvgIpc) is 2.84. The summed E-state index contributed by atoms with van der Waals surface area (Å²) in [5, 5.41) is 14.9. The van der Waals surface area contributed by atoms with Crippen LogP contribution in [0.4, 0.5) is 0 Å². The van der Waals surface area contributed by atoms with E-state index in [-0.39, 0.29) is 17.5 Å². The van der Waals surface area contributed by atoms with Crippen molar-refractivity contribution in [2.75, 3.05) is 19.7 Å². The maximum atomic E-state index is 11.0. The summed E-state index contributed by atoms with van der Waals surface area (Å²) >= 11 is 0. The number of rotatable bonds is 7. The Balaban J connectivity index is 1.61. The molecule has 1 saturated heterocycles. The molecule has 1 aliphatic rings. The lowest BCUT2D eigenvalue weighted by atomic mass is 10.2. The van der Waals surface area contributed by atoms with Gasteiger partial charge in [-0.1, -0.05) is 0 Å². The number of carbonyl (C=O) groups is 2. The van der Waals surface area contributed by atoms with E-state index in [4.69, 9.17) is 9.84 Å². The monoisotopic (exact) mass is 278 g/mol. The summed E-state index contributed by atoms with van der Waals surface area (Å²) < 4.78 is 5.48. The molecule has 1 heterocycles. The zero-order valence-corrected chi connectivity index (χ0v) is 11.1. The highest BCUT2D eigenvalue weighted by Gasteiger charge is 2.19. The maximum Gasteiger partial charge on any atom is 0.335 e. The van der Waals surface area contributed by atoms with Crippen LogP contribution < -0.4 is 15.4 Å². The Kier molecular flexibility index (Phi) is 4.95. The Bertz CT molecular complexity index is 473. The molecule has 1 aromatic rings. The summed E-state index contributed by atoms with van der Waals surface area (Å²) in [5.74, 6) is -0.186. The summed E-state index contributed by atoms with van der Waals surface area (Å²) in [6.07, 6.45) is 1.49. The molecule has 0 saturated carbocycles. The van der Waals surface area contributed by atoms with Gasteiger partial charge in [0, 0.05) is 25.6 Å². The molecule has 0 bridgehead atoms. The van der Waals surface area contributed by atoms with Crippen molar-refractivity contribution in [1.29, 1.82) is 0 Å². The topological polar surface area (TPSA) is 87.7 Å². The van der Waals surface area contributed by atoms with Gasteiger partial charge in [-0.05, 0) is 30.7 Å². The molecular formula is C14H18N2O4. The van der Waals surface area contributed by atoms with E-state index in [2.05, 4.69) is 10.6 Å². The number of nitrogens with one attached hydrogen (secondary N) is 2. The van der Waals surface area contributed by atoms with Gasteiger partial charge in [-0.2, -0.15) is 0 Å². The molecule has 2 rings (SSSR count). The van der Waals surface area contributed by atoms with Gasteiger partial charge < -0.3 is 20.5 Å². The van der Waals surface area contributed by atoms with E-state index >= 15 is 0 Å². The number of ether oxygens (including phenoxy) is 1. The minimum absolute atomic E-state index is 0.117. The maximum absolute atomic E-state index is 11.0.